The molecule has 4 nitrogen and oxygen atoms in total. The summed E-state index contributed by atoms with van der Waals surface area (Å²) in [5.41, 5.74) is 0.723. The van der Waals surface area contributed by atoms with E-state index in [4.69, 9.17) is 0 Å². The van der Waals surface area contributed by atoms with E-state index in [1.54, 1.807) is 12.1 Å². The predicted octanol–water partition coefficient (Wildman–Crippen LogP) is 2.18. The molecule has 0 fully saturated rings. The summed E-state index contributed by atoms with van der Waals surface area (Å²) < 4.78 is 13.3. The summed E-state index contributed by atoms with van der Waals surface area (Å²) in [6.45, 7) is 1.81. The van der Waals surface area contributed by atoms with E-state index in [2.05, 4.69) is 15.3 Å². The molecule has 5 heteroatoms. The lowest BCUT2D eigenvalue weighted by molar-refractivity contribution is 0.102. The molecule has 0 aliphatic rings. The molecule has 2 rings (SSSR count). The monoisotopic (exact) mass is 231 g/mol. The van der Waals surface area contributed by atoms with Crippen molar-refractivity contribution in [2.24, 2.45) is 0 Å². The summed E-state index contributed by atoms with van der Waals surface area (Å²) in [5, 5.41) is 2.52. The Balaban J connectivity index is 2.20. The number of carbonyl (C=O) groups is 1. The summed E-state index contributed by atoms with van der Waals surface area (Å²) >= 11 is 0. The molecule has 0 aromatic carbocycles. The predicted molar refractivity (Wildman–Crippen MR) is 61.1 cm³/mol. The molecular weight excluding hydrogens is 221 g/mol. The molecule has 17 heavy (non-hydrogen) atoms. The van der Waals surface area contributed by atoms with Crippen molar-refractivity contribution in [1.29, 1.82) is 0 Å². The van der Waals surface area contributed by atoms with Crippen molar-refractivity contribution >= 4 is 11.7 Å². The molecule has 2 heterocycles. The average molecular weight is 231 g/mol. The molecule has 0 radical (unpaired) electrons. The number of hydrogen-bond donors (Lipinski definition) is 1. The first kappa shape index (κ1) is 11.2. The van der Waals surface area contributed by atoms with Crippen LogP contribution in [0.25, 0.3) is 0 Å². The van der Waals surface area contributed by atoms with Gasteiger partial charge < -0.3 is 5.32 Å². The largest absolute Gasteiger partial charge is 0.306 e. The minimum atomic E-state index is -0.655. The molecule has 0 atom stereocenters. The lowest BCUT2D eigenvalue weighted by atomic mass is 10.2. The molecule has 1 amide bonds. The first-order valence-electron chi connectivity index (χ1n) is 5.01. The van der Waals surface area contributed by atoms with Crippen molar-refractivity contribution in [3.05, 3.63) is 53.7 Å². The first-order valence-corrected chi connectivity index (χ1v) is 5.01. The molecule has 2 aromatic rings. The van der Waals surface area contributed by atoms with E-state index in [-0.39, 0.29) is 5.56 Å². The summed E-state index contributed by atoms with van der Waals surface area (Å²) in [5.74, 6) is -0.799. The van der Waals surface area contributed by atoms with Crippen molar-refractivity contribution in [1.82, 2.24) is 9.97 Å². The van der Waals surface area contributed by atoms with E-state index in [9.17, 15) is 9.18 Å². The van der Waals surface area contributed by atoms with Crippen LogP contribution in [0.15, 0.2) is 36.7 Å². The zero-order valence-corrected chi connectivity index (χ0v) is 9.14. The van der Waals surface area contributed by atoms with Crippen LogP contribution in [0.5, 0.6) is 0 Å². The number of hydrogen-bond acceptors (Lipinski definition) is 3. The van der Waals surface area contributed by atoms with Gasteiger partial charge >= 0.3 is 0 Å². The van der Waals surface area contributed by atoms with Crippen molar-refractivity contribution in [2.45, 2.75) is 6.92 Å². The molecule has 2 aromatic heterocycles. The zero-order chi connectivity index (χ0) is 12.3. The highest BCUT2D eigenvalue weighted by atomic mass is 19.1. The Morgan fingerprint density at radius 3 is 2.88 bits per heavy atom. The van der Waals surface area contributed by atoms with Gasteiger partial charge in [0.25, 0.3) is 5.91 Å². The zero-order valence-electron chi connectivity index (χ0n) is 9.14. The number of halogens is 1. The van der Waals surface area contributed by atoms with Gasteiger partial charge in [-0.05, 0) is 25.1 Å². The summed E-state index contributed by atoms with van der Waals surface area (Å²) in [7, 11) is 0. The van der Waals surface area contributed by atoms with Crippen molar-refractivity contribution in [2.75, 3.05) is 5.32 Å². The second-order valence-corrected chi connectivity index (χ2v) is 3.47. The minimum absolute atomic E-state index is 0.0525. The Kier molecular flexibility index (Phi) is 3.09. The lowest BCUT2D eigenvalue weighted by Crippen LogP contribution is -2.14. The molecule has 0 aliphatic heterocycles. The topological polar surface area (TPSA) is 54.9 Å². The normalized spacial score (nSPS) is 10.0. The number of nitrogens with zero attached hydrogens (tertiary/aromatic N) is 2. The molecule has 0 bridgehead atoms. The van der Waals surface area contributed by atoms with Crippen molar-refractivity contribution in [3.8, 4) is 0 Å². The molecule has 1 N–H and O–H groups in total. The molecular formula is C12H10FN3O. The fourth-order valence-electron chi connectivity index (χ4n) is 1.36. The summed E-state index contributed by atoms with van der Waals surface area (Å²) in [6.07, 6.45) is 2.36. The van der Waals surface area contributed by atoms with Gasteiger partial charge in [0.15, 0.2) is 5.82 Å². The first-order chi connectivity index (χ1) is 8.16. The van der Waals surface area contributed by atoms with Crippen LogP contribution >= 0.6 is 0 Å². The quantitative estimate of drug-likeness (QED) is 0.861. The number of aromatic nitrogens is 2. The van der Waals surface area contributed by atoms with E-state index < -0.39 is 11.7 Å². The number of amides is 1. The standard InChI is InChI=1S/C12H10FN3O/c1-8-3-2-4-11(15-8)16-12(17)9-5-6-14-7-10(9)13/h2-7H,1H3,(H,15,16,17). The fourth-order valence-corrected chi connectivity index (χ4v) is 1.36. The second-order valence-electron chi connectivity index (χ2n) is 3.47. The summed E-state index contributed by atoms with van der Waals surface area (Å²) in [4.78, 5) is 19.4. The number of aryl methyl sites for hydroxylation is 1. The SMILES string of the molecule is Cc1cccc(NC(=O)c2ccncc2F)n1. The van der Waals surface area contributed by atoms with E-state index >= 15 is 0 Å². The molecule has 0 saturated carbocycles. The van der Waals surface area contributed by atoms with Crippen LogP contribution in [0, 0.1) is 12.7 Å². The maximum atomic E-state index is 13.3. The minimum Gasteiger partial charge on any atom is -0.306 e. The van der Waals surface area contributed by atoms with Crippen molar-refractivity contribution < 1.29 is 9.18 Å². The van der Waals surface area contributed by atoms with Gasteiger partial charge in [0.05, 0.1) is 11.8 Å². The highest BCUT2D eigenvalue weighted by Crippen LogP contribution is 2.09. The third-order valence-electron chi connectivity index (χ3n) is 2.15. The van der Waals surface area contributed by atoms with Crippen LogP contribution in [0.2, 0.25) is 0 Å². The fraction of sp³-hybridized carbons (Fsp3) is 0.0833. The number of nitrogens with one attached hydrogen (secondary N) is 1. The van der Waals surface area contributed by atoms with Crippen molar-refractivity contribution in [3.63, 3.8) is 0 Å². The van der Waals surface area contributed by atoms with Crippen LogP contribution in [0.1, 0.15) is 16.1 Å². The second kappa shape index (κ2) is 4.69. The van der Waals surface area contributed by atoms with E-state index in [0.717, 1.165) is 11.9 Å². The van der Waals surface area contributed by atoms with E-state index in [0.29, 0.717) is 5.82 Å². The molecule has 0 aliphatic carbocycles. The van der Waals surface area contributed by atoms with E-state index in [1.165, 1.54) is 12.3 Å². The maximum Gasteiger partial charge on any atom is 0.259 e. The number of anilines is 1. The Hall–Kier alpha value is -2.30. The van der Waals surface area contributed by atoms with Gasteiger partial charge in [0.1, 0.15) is 5.82 Å². The Bertz CT molecular complexity index is 557. The van der Waals surface area contributed by atoms with Gasteiger partial charge in [0.2, 0.25) is 0 Å². The molecule has 0 saturated heterocycles. The highest BCUT2D eigenvalue weighted by Gasteiger charge is 2.11. The van der Waals surface area contributed by atoms with Gasteiger partial charge in [-0.2, -0.15) is 0 Å². The highest BCUT2D eigenvalue weighted by molar-refractivity contribution is 6.03. The lowest BCUT2D eigenvalue weighted by Gasteiger charge is -2.05. The average Bonchev–Trinajstić information content (AvgIpc) is 2.29. The molecule has 0 unspecified atom stereocenters. The van der Waals surface area contributed by atoms with Crippen LogP contribution in [0.3, 0.4) is 0 Å². The molecule has 86 valence electrons. The summed E-state index contributed by atoms with van der Waals surface area (Å²) in [6, 6.07) is 6.54. The molecule has 0 spiro atoms. The van der Waals surface area contributed by atoms with E-state index in [1.807, 2.05) is 13.0 Å². The number of pyridine rings is 2. The van der Waals surface area contributed by atoms with Gasteiger partial charge in [-0.25, -0.2) is 9.37 Å². The third-order valence-corrected chi connectivity index (χ3v) is 2.15. The van der Waals surface area contributed by atoms with Crippen LogP contribution in [0.4, 0.5) is 10.2 Å². The smallest absolute Gasteiger partial charge is 0.259 e. The van der Waals surface area contributed by atoms with Crippen LogP contribution in [-0.4, -0.2) is 15.9 Å². The van der Waals surface area contributed by atoms with Crippen LogP contribution in [-0.2, 0) is 0 Å². The number of rotatable bonds is 2. The maximum absolute atomic E-state index is 13.3. The Morgan fingerprint density at radius 1 is 1.35 bits per heavy atom. The number of carbonyl (C=O) groups excluding carboxylic acids is 1. The Morgan fingerprint density at radius 2 is 2.18 bits per heavy atom. The van der Waals surface area contributed by atoms with Gasteiger partial charge in [0, 0.05) is 11.9 Å². The third kappa shape index (κ3) is 2.63. The Labute approximate surface area is 97.5 Å². The van der Waals surface area contributed by atoms with Crippen LogP contribution < -0.4 is 5.32 Å². The van der Waals surface area contributed by atoms with Gasteiger partial charge in [-0.15, -0.1) is 0 Å². The van der Waals surface area contributed by atoms with Gasteiger partial charge in [-0.1, -0.05) is 6.07 Å². The van der Waals surface area contributed by atoms with Gasteiger partial charge in [-0.3, -0.25) is 9.78 Å².